The maximum Gasteiger partial charge on any atom is 0.304 e. The molecule has 0 spiro atoms. The Morgan fingerprint density at radius 1 is 1.53 bits per heavy atom. The fourth-order valence-corrected chi connectivity index (χ4v) is 2.93. The highest BCUT2D eigenvalue weighted by Crippen LogP contribution is 2.04. The molecule has 0 saturated carbocycles. The van der Waals surface area contributed by atoms with E-state index < -0.39 is 16.2 Å². The molecular weight excluding hydrogens is 264 g/mol. The Balaban J connectivity index is 4.21. The first-order valence-electron chi connectivity index (χ1n) is 5.32. The Labute approximate surface area is 107 Å². The largest absolute Gasteiger partial charge is 0.481 e. The third kappa shape index (κ3) is 7.58. The normalized spacial score (nSPS) is 13.9. The van der Waals surface area contributed by atoms with Crippen molar-refractivity contribution in [2.75, 3.05) is 25.1 Å². The molecule has 6 nitrogen and oxygen atoms in total. The zero-order chi connectivity index (χ0) is 13.5. The maximum absolute atomic E-state index is 11.7. The molecule has 0 aromatic heterocycles. The number of thioether (sulfide) groups is 1. The zero-order valence-electron chi connectivity index (χ0n) is 10.3. The molecule has 1 atom stereocenters. The number of hydrogen-bond acceptors (Lipinski definition) is 4. The summed E-state index contributed by atoms with van der Waals surface area (Å²) in [4.78, 5) is 10.3. The number of nitrogens with zero attached hydrogens (tertiary/aromatic N) is 1. The van der Waals surface area contributed by atoms with Crippen LogP contribution in [0.1, 0.15) is 20.3 Å². The summed E-state index contributed by atoms with van der Waals surface area (Å²) in [6.07, 6.45) is -0.199. The van der Waals surface area contributed by atoms with Crippen molar-refractivity contribution in [1.29, 1.82) is 0 Å². The fraction of sp³-hybridized carbons (Fsp3) is 0.889. The van der Waals surface area contributed by atoms with Gasteiger partial charge in [-0.2, -0.15) is 29.2 Å². The van der Waals surface area contributed by atoms with Crippen LogP contribution in [0, 0.1) is 0 Å². The van der Waals surface area contributed by atoms with Crippen LogP contribution in [0.25, 0.3) is 0 Å². The first kappa shape index (κ1) is 16.7. The molecule has 0 aliphatic carbocycles. The molecule has 0 aliphatic rings. The van der Waals surface area contributed by atoms with E-state index in [0.29, 0.717) is 5.75 Å². The minimum absolute atomic E-state index is 0.0295. The average Bonchev–Trinajstić information content (AvgIpc) is 2.22. The summed E-state index contributed by atoms with van der Waals surface area (Å²) >= 11 is 1.65. The van der Waals surface area contributed by atoms with Gasteiger partial charge in [-0.1, -0.05) is 6.92 Å². The second-order valence-corrected chi connectivity index (χ2v) is 6.78. The quantitative estimate of drug-likeness (QED) is 0.639. The molecule has 0 fully saturated rings. The van der Waals surface area contributed by atoms with Gasteiger partial charge < -0.3 is 5.11 Å². The van der Waals surface area contributed by atoms with Crippen LogP contribution in [0.4, 0.5) is 0 Å². The predicted molar refractivity (Wildman–Crippen MR) is 69.4 cm³/mol. The van der Waals surface area contributed by atoms with Gasteiger partial charge in [0.25, 0.3) is 10.2 Å². The summed E-state index contributed by atoms with van der Waals surface area (Å²) in [7, 11) is -2.21. The number of carboxylic acid groups (broad SMARTS) is 1. The molecule has 0 aromatic carbocycles. The van der Waals surface area contributed by atoms with Gasteiger partial charge in [0.1, 0.15) is 0 Å². The van der Waals surface area contributed by atoms with Crippen molar-refractivity contribution < 1.29 is 18.3 Å². The molecule has 0 aliphatic heterocycles. The van der Waals surface area contributed by atoms with Gasteiger partial charge in [0.05, 0.1) is 6.42 Å². The van der Waals surface area contributed by atoms with Gasteiger partial charge in [-0.3, -0.25) is 4.79 Å². The summed E-state index contributed by atoms with van der Waals surface area (Å²) in [6.45, 7) is 3.76. The van der Waals surface area contributed by atoms with E-state index in [1.807, 2.05) is 6.92 Å². The third-order valence-corrected chi connectivity index (χ3v) is 4.82. The molecule has 102 valence electrons. The third-order valence-electron chi connectivity index (χ3n) is 1.97. The minimum Gasteiger partial charge on any atom is -0.481 e. The van der Waals surface area contributed by atoms with Gasteiger partial charge >= 0.3 is 5.97 Å². The van der Waals surface area contributed by atoms with Crippen molar-refractivity contribution in [3.05, 3.63) is 0 Å². The van der Waals surface area contributed by atoms with Crippen LogP contribution in [0.2, 0.25) is 0 Å². The molecule has 0 saturated heterocycles. The molecule has 1 unspecified atom stereocenters. The van der Waals surface area contributed by atoms with E-state index in [4.69, 9.17) is 5.11 Å². The van der Waals surface area contributed by atoms with Gasteiger partial charge in [-0.25, -0.2) is 0 Å². The molecular formula is C9H20N2O4S2. The van der Waals surface area contributed by atoms with Gasteiger partial charge in [0.2, 0.25) is 0 Å². The van der Waals surface area contributed by atoms with E-state index in [0.717, 1.165) is 10.1 Å². The van der Waals surface area contributed by atoms with E-state index in [-0.39, 0.29) is 19.0 Å². The van der Waals surface area contributed by atoms with E-state index in [2.05, 4.69) is 4.72 Å². The smallest absolute Gasteiger partial charge is 0.304 e. The molecule has 0 heterocycles. The van der Waals surface area contributed by atoms with Gasteiger partial charge in [0.15, 0.2) is 0 Å². The monoisotopic (exact) mass is 284 g/mol. The summed E-state index contributed by atoms with van der Waals surface area (Å²) in [5.74, 6) is 0.616. The van der Waals surface area contributed by atoms with E-state index in [9.17, 15) is 13.2 Å². The average molecular weight is 284 g/mol. The lowest BCUT2D eigenvalue weighted by Crippen LogP contribution is -2.44. The van der Waals surface area contributed by atoms with Crippen molar-refractivity contribution in [1.82, 2.24) is 9.03 Å². The highest BCUT2D eigenvalue weighted by atomic mass is 32.2. The Bertz CT molecular complexity index is 332. The molecule has 2 N–H and O–H groups in total. The number of carbonyl (C=O) groups is 1. The Kier molecular flexibility index (Phi) is 7.77. The van der Waals surface area contributed by atoms with Gasteiger partial charge in [-0.15, -0.1) is 0 Å². The van der Waals surface area contributed by atoms with Crippen LogP contribution >= 0.6 is 11.8 Å². The van der Waals surface area contributed by atoms with Crippen LogP contribution in [0.3, 0.4) is 0 Å². The number of hydrogen-bond donors (Lipinski definition) is 2. The molecule has 17 heavy (non-hydrogen) atoms. The highest BCUT2D eigenvalue weighted by Gasteiger charge is 2.20. The lowest BCUT2D eigenvalue weighted by Gasteiger charge is -2.20. The van der Waals surface area contributed by atoms with E-state index >= 15 is 0 Å². The van der Waals surface area contributed by atoms with Crippen molar-refractivity contribution in [3.63, 3.8) is 0 Å². The van der Waals surface area contributed by atoms with Crippen LogP contribution in [-0.4, -0.2) is 54.9 Å². The number of aliphatic carboxylic acids is 1. The molecule has 0 radical (unpaired) electrons. The standard InChI is InChI=1S/C9H20N2O4S2/c1-4-16-7-8(2)10-17(14,15)11(3)6-5-9(12)13/h8,10H,4-7H2,1-3H3,(H,12,13). The second-order valence-electron chi connectivity index (χ2n) is 3.65. The Morgan fingerprint density at radius 2 is 2.12 bits per heavy atom. The molecule has 0 amide bonds. The Hall–Kier alpha value is -0.310. The van der Waals surface area contributed by atoms with Crippen molar-refractivity contribution >= 4 is 27.9 Å². The minimum atomic E-state index is -3.58. The topological polar surface area (TPSA) is 86.7 Å². The summed E-state index contributed by atoms with van der Waals surface area (Å²) in [5.41, 5.74) is 0. The number of rotatable bonds is 9. The highest BCUT2D eigenvalue weighted by molar-refractivity contribution is 7.99. The SMILES string of the molecule is CCSCC(C)NS(=O)(=O)N(C)CCC(=O)O. The van der Waals surface area contributed by atoms with Gasteiger partial charge in [-0.05, 0) is 12.7 Å². The summed E-state index contributed by atoms with van der Waals surface area (Å²) in [6, 6.07) is -0.169. The first-order valence-corrected chi connectivity index (χ1v) is 7.92. The van der Waals surface area contributed by atoms with Crippen LogP contribution in [0.5, 0.6) is 0 Å². The van der Waals surface area contributed by atoms with Crippen LogP contribution in [0.15, 0.2) is 0 Å². The van der Waals surface area contributed by atoms with Crippen LogP contribution in [-0.2, 0) is 15.0 Å². The first-order chi connectivity index (χ1) is 7.79. The van der Waals surface area contributed by atoms with E-state index in [1.54, 1.807) is 18.7 Å². The van der Waals surface area contributed by atoms with Crippen molar-refractivity contribution in [2.24, 2.45) is 0 Å². The summed E-state index contributed by atoms with van der Waals surface area (Å²) < 4.78 is 27.0. The number of carboxylic acids is 1. The second kappa shape index (κ2) is 7.91. The number of nitrogens with one attached hydrogen (secondary N) is 1. The van der Waals surface area contributed by atoms with Gasteiger partial charge in [0, 0.05) is 25.4 Å². The molecule has 8 heteroatoms. The molecule has 0 bridgehead atoms. The summed E-state index contributed by atoms with van der Waals surface area (Å²) in [5, 5.41) is 8.48. The lowest BCUT2D eigenvalue weighted by atomic mass is 10.4. The molecule has 0 rings (SSSR count). The Morgan fingerprint density at radius 3 is 2.59 bits per heavy atom. The van der Waals surface area contributed by atoms with Crippen molar-refractivity contribution in [3.8, 4) is 0 Å². The maximum atomic E-state index is 11.7. The zero-order valence-corrected chi connectivity index (χ0v) is 12.0. The van der Waals surface area contributed by atoms with E-state index in [1.165, 1.54) is 7.05 Å². The molecule has 0 aromatic rings. The van der Waals surface area contributed by atoms with Crippen LogP contribution < -0.4 is 4.72 Å². The van der Waals surface area contributed by atoms with Crippen molar-refractivity contribution in [2.45, 2.75) is 26.3 Å². The fourth-order valence-electron chi connectivity index (χ4n) is 1.05. The lowest BCUT2D eigenvalue weighted by molar-refractivity contribution is -0.137. The predicted octanol–water partition coefficient (Wildman–Crippen LogP) is 0.369.